The molecule has 1 aromatic rings. The summed E-state index contributed by atoms with van der Waals surface area (Å²) in [5, 5.41) is 13.2. The summed E-state index contributed by atoms with van der Waals surface area (Å²) < 4.78 is 18.2. The van der Waals surface area contributed by atoms with Crippen molar-refractivity contribution in [3.05, 3.63) is 21.6 Å². The third-order valence-corrected chi connectivity index (χ3v) is 3.90. The molecule has 4 unspecified atom stereocenters. The maximum atomic E-state index is 12.2. The molecule has 8 nitrogen and oxygen atoms in total. The van der Waals surface area contributed by atoms with Crippen LogP contribution in [-0.4, -0.2) is 45.6 Å². The first-order valence-corrected chi connectivity index (χ1v) is 6.86. The molecule has 0 saturated carbocycles. The molecule has 3 rings (SSSR count). The van der Waals surface area contributed by atoms with Crippen molar-refractivity contribution in [1.82, 2.24) is 9.78 Å². The van der Waals surface area contributed by atoms with Gasteiger partial charge in [-0.2, -0.15) is 9.78 Å². The van der Waals surface area contributed by atoms with E-state index in [9.17, 15) is 9.90 Å². The van der Waals surface area contributed by atoms with Gasteiger partial charge in [-0.15, -0.1) is 0 Å². The van der Waals surface area contributed by atoms with Crippen LogP contribution in [0.15, 0.2) is 11.0 Å². The fourth-order valence-electron chi connectivity index (χ4n) is 2.64. The van der Waals surface area contributed by atoms with Crippen molar-refractivity contribution in [3.63, 3.8) is 0 Å². The minimum atomic E-state index is -0.834. The Morgan fingerprint density at radius 1 is 1.48 bits per heavy atom. The minimum Gasteiger partial charge on any atom is -0.396 e. The highest BCUT2D eigenvalue weighted by molar-refractivity contribution is 6.32. The van der Waals surface area contributed by atoms with Gasteiger partial charge in [-0.25, -0.2) is 0 Å². The topological polar surface area (TPSA) is 109 Å². The number of nitrogen functional groups attached to an aromatic ring is 1. The number of nitrogens with zero attached hydrogens (tertiary/aromatic N) is 2. The molecule has 116 valence electrons. The Balaban J connectivity index is 2.00. The van der Waals surface area contributed by atoms with Crippen LogP contribution in [0.1, 0.15) is 20.1 Å². The second-order valence-corrected chi connectivity index (χ2v) is 5.85. The molecular formula is C12H16ClN3O5. The maximum absolute atomic E-state index is 12.2. The van der Waals surface area contributed by atoms with Crippen LogP contribution in [-0.2, 0) is 14.2 Å². The number of ether oxygens (including phenoxy) is 3. The summed E-state index contributed by atoms with van der Waals surface area (Å²) in [4.78, 5) is 12.2. The number of rotatable bonds is 2. The molecule has 3 heterocycles. The zero-order valence-electron chi connectivity index (χ0n) is 11.5. The number of halogens is 1. The molecule has 0 amide bonds. The lowest BCUT2D eigenvalue weighted by molar-refractivity contribution is -0.202. The van der Waals surface area contributed by atoms with Gasteiger partial charge in [0.05, 0.1) is 18.5 Å². The van der Waals surface area contributed by atoms with Crippen LogP contribution < -0.4 is 11.3 Å². The predicted molar refractivity (Wildman–Crippen MR) is 72.7 cm³/mol. The maximum Gasteiger partial charge on any atom is 0.290 e. The SMILES string of the molecule is CC1(C)OC2C(CO)OC(n3ncc(N)c(Cl)c3=O)C2O1. The summed E-state index contributed by atoms with van der Waals surface area (Å²) in [6.45, 7) is 3.25. The zero-order chi connectivity index (χ0) is 15.4. The van der Waals surface area contributed by atoms with E-state index in [4.69, 9.17) is 31.5 Å². The molecule has 2 aliphatic rings. The molecule has 3 N–H and O–H groups in total. The fraction of sp³-hybridized carbons (Fsp3) is 0.667. The summed E-state index contributed by atoms with van der Waals surface area (Å²) in [6.07, 6.45) is -1.22. The summed E-state index contributed by atoms with van der Waals surface area (Å²) in [6, 6.07) is 0. The Morgan fingerprint density at radius 3 is 2.81 bits per heavy atom. The molecule has 0 aliphatic carbocycles. The fourth-order valence-corrected chi connectivity index (χ4v) is 2.78. The number of anilines is 1. The van der Waals surface area contributed by atoms with E-state index in [1.807, 2.05) is 0 Å². The molecule has 2 fully saturated rings. The Kier molecular flexibility index (Phi) is 3.45. The number of aliphatic hydroxyl groups excluding tert-OH is 1. The van der Waals surface area contributed by atoms with Crippen LogP contribution >= 0.6 is 11.6 Å². The van der Waals surface area contributed by atoms with Gasteiger partial charge in [-0.05, 0) is 13.8 Å². The number of hydrogen-bond donors (Lipinski definition) is 2. The van der Waals surface area contributed by atoms with E-state index >= 15 is 0 Å². The highest BCUT2D eigenvalue weighted by Crippen LogP contribution is 2.42. The lowest BCUT2D eigenvalue weighted by Gasteiger charge is -2.24. The van der Waals surface area contributed by atoms with Gasteiger partial charge in [0.15, 0.2) is 12.0 Å². The van der Waals surface area contributed by atoms with Crippen LogP contribution in [0.4, 0.5) is 5.69 Å². The van der Waals surface area contributed by atoms with E-state index in [1.54, 1.807) is 13.8 Å². The number of aliphatic hydroxyl groups is 1. The van der Waals surface area contributed by atoms with Crippen molar-refractivity contribution in [3.8, 4) is 0 Å². The van der Waals surface area contributed by atoms with Crippen molar-refractivity contribution < 1.29 is 19.3 Å². The van der Waals surface area contributed by atoms with Crippen LogP contribution in [0.5, 0.6) is 0 Å². The van der Waals surface area contributed by atoms with Crippen LogP contribution in [0, 0.1) is 0 Å². The summed E-state index contributed by atoms with van der Waals surface area (Å²) >= 11 is 5.86. The lowest BCUT2D eigenvalue weighted by Crippen LogP contribution is -2.35. The van der Waals surface area contributed by atoms with Gasteiger partial charge < -0.3 is 25.1 Å². The number of hydrogen-bond acceptors (Lipinski definition) is 7. The van der Waals surface area contributed by atoms with Gasteiger partial charge in [0.2, 0.25) is 0 Å². The van der Waals surface area contributed by atoms with Gasteiger partial charge >= 0.3 is 0 Å². The van der Waals surface area contributed by atoms with Crippen molar-refractivity contribution in [2.24, 2.45) is 0 Å². The number of nitrogens with two attached hydrogens (primary N) is 1. The molecule has 2 aliphatic heterocycles. The summed E-state index contributed by atoms with van der Waals surface area (Å²) in [7, 11) is 0. The molecule has 1 aromatic heterocycles. The third kappa shape index (κ3) is 2.33. The van der Waals surface area contributed by atoms with Crippen molar-refractivity contribution >= 4 is 17.3 Å². The van der Waals surface area contributed by atoms with Crippen molar-refractivity contribution in [2.45, 2.75) is 44.2 Å². The standard InChI is InChI=1S/C12H16ClN3O5/c1-12(2)20-8-6(4-17)19-11(9(8)21-12)16-10(18)7(13)5(14)3-15-16/h3,6,8-9,11,17H,4,14H2,1-2H3. The Morgan fingerprint density at radius 2 is 2.14 bits per heavy atom. The first-order chi connectivity index (χ1) is 9.84. The molecule has 4 atom stereocenters. The van der Waals surface area contributed by atoms with E-state index in [-0.39, 0.29) is 17.3 Å². The van der Waals surface area contributed by atoms with Crippen molar-refractivity contribution in [2.75, 3.05) is 12.3 Å². The van der Waals surface area contributed by atoms with Crippen LogP contribution in [0.2, 0.25) is 5.02 Å². The third-order valence-electron chi connectivity index (χ3n) is 3.52. The van der Waals surface area contributed by atoms with E-state index in [1.165, 1.54) is 6.20 Å². The van der Waals surface area contributed by atoms with Gasteiger partial charge in [-0.3, -0.25) is 4.79 Å². The van der Waals surface area contributed by atoms with E-state index in [0.717, 1.165) is 4.68 Å². The van der Waals surface area contributed by atoms with E-state index < -0.39 is 35.9 Å². The highest BCUT2D eigenvalue weighted by Gasteiger charge is 2.56. The van der Waals surface area contributed by atoms with Gasteiger partial charge in [0, 0.05) is 0 Å². The number of aromatic nitrogens is 2. The molecule has 0 bridgehead atoms. The van der Waals surface area contributed by atoms with Crippen molar-refractivity contribution in [1.29, 1.82) is 0 Å². The quantitative estimate of drug-likeness (QED) is 0.783. The molecule has 21 heavy (non-hydrogen) atoms. The van der Waals surface area contributed by atoms with Gasteiger partial charge in [0.25, 0.3) is 5.56 Å². The Bertz CT molecular complexity index is 619. The molecule has 0 radical (unpaired) electrons. The second-order valence-electron chi connectivity index (χ2n) is 5.48. The number of fused-ring (bicyclic) bond motifs is 1. The largest absolute Gasteiger partial charge is 0.396 e. The first-order valence-electron chi connectivity index (χ1n) is 6.49. The van der Waals surface area contributed by atoms with Gasteiger partial charge in [-0.1, -0.05) is 11.6 Å². The zero-order valence-corrected chi connectivity index (χ0v) is 12.3. The van der Waals surface area contributed by atoms with Gasteiger partial charge in [0.1, 0.15) is 23.3 Å². The Hall–Kier alpha value is -1.19. The van der Waals surface area contributed by atoms with E-state index in [2.05, 4.69) is 5.10 Å². The average Bonchev–Trinajstić information content (AvgIpc) is 2.90. The minimum absolute atomic E-state index is 0.0927. The molecule has 0 aromatic carbocycles. The average molecular weight is 318 g/mol. The monoisotopic (exact) mass is 317 g/mol. The smallest absolute Gasteiger partial charge is 0.290 e. The Labute approximate surface area is 125 Å². The highest BCUT2D eigenvalue weighted by atomic mass is 35.5. The predicted octanol–water partition coefficient (Wildman–Crippen LogP) is -0.111. The van der Waals surface area contributed by atoms with Crippen LogP contribution in [0.3, 0.4) is 0 Å². The molecule has 0 spiro atoms. The van der Waals surface area contributed by atoms with E-state index in [0.29, 0.717) is 0 Å². The molecule has 9 heteroatoms. The molecular weight excluding hydrogens is 302 g/mol. The normalized spacial score (nSPS) is 34.1. The second kappa shape index (κ2) is 4.92. The first kappa shape index (κ1) is 14.7. The summed E-state index contributed by atoms with van der Waals surface area (Å²) in [5.74, 6) is -0.827. The molecule has 2 saturated heterocycles. The van der Waals surface area contributed by atoms with Crippen LogP contribution in [0.25, 0.3) is 0 Å². The lowest BCUT2D eigenvalue weighted by atomic mass is 10.1. The summed E-state index contributed by atoms with van der Waals surface area (Å²) in [5.41, 5.74) is 5.06.